The van der Waals surface area contributed by atoms with Gasteiger partial charge in [0.1, 0.15) is 16.5 Å². The van der Waals surface area contributed by atoms with Crippen molar-refractivity contribution in [2.45, 2.75) is 13.1 Å². The second-order valence-corrected chi connectivity index (χ2v) is 10.6. The number of nitro groups is 1. The zero-order chi connectivity index (χ0) is 31.0. The first-order valence-corrected chi connectivity index (χ1v) is 13.4. The summed E-state index contributed by atoms with van der Waals surface area (Å²) in [5.74, 6) is -2.79. The van der Waals surface area contributed by atoms with Crippen LogP contribution in [0.3, 0.4) is 0 Å². The minimum Gasteiger partial charge on any atom is -0.464 e. The fourth-order valence-corrected chi connectivity index (χ4v) is 5.85. The highest BCUT2D eigenvalue weighted by Crippen LogP contribution is 2.38. The lowest BCUT2D eigenvalue weighted by Gasteiger charge is -2.14. The topological polar surface area (TPSA) is 142 Å². The van der Waals surface area contributed by atoms with Gasteiger partial charge >= 0.3 is 11.7 Å². The number of aromatic nitrogens is 4. The lowest BCUT2D eigenvalue weighted by Crippen LogP contribution is -2.40. The molecule has 0 atom stereocenters. The molecule has 2 aromatic carbocycles. The largest absolute Gasteiger partial charge is 0.464 e. The predicted octanol–water partition coefficient (Wildman–Crippen LogP) is 3.75. The van der Waals surface area contributed by atoms with Crippen LogP contribution in [0.1, 0.15) is 21.6 Å². The number of halogens is 2. The number of esters is 1. The Balaban J connectivity index is 1.86. The molecule has 5 aromatic rings. The number of methoxy groups -OCH3 is 1. The fourth-order valence-electron chi connectivity index (χ4n) is 4.54. The molecule has 0 amide bonds. The zero-order valence-corrected chi connectivity index (χ0v) is 23.7. The molecule has 0 radical (unpaired) electrons. The molecule has 0 aliphatic heterocycles. The van der Waals surface area contributed by atoms with E-state index in [-0.39, 0.29) is 34.0 Å². The van der Waals surface area contributed by atoms with Crippen LogP contribution in [-0.4, -0.2) is 56.3 Å². The van der Waals surface area contributed by atoms with E-state index in [4.69, 9.17) is 0 Å². The van der Waals surface area contributed by atoms with Crippen molar-refractivity contribution in [2.75, 3.05) is 21.2 Å². The maximum Gasteiger partial charge on any atom is 0.358 e. The van der Waals surface area contributed by atoms with Crippen molar-refractivity contribution in [1.29, 1.82) is 0 Å². The Bertz CT molecular complexity index is 1980. The first kappa shape index (κ1) is 29.3. The van der Waals surface area contributed by atoms with Crippen molar-refractivity contribution in [1.82, 2.24) is 24.2 Å². The summed E-state index contributed by atoms with van der Waals surface area (Å²) in [6.45, 7) is -0.357. The molecule has 0 saturated carbocycles. The third-order valence-electron chi connectivity index (χ3n) is 6.54. The number of ether oxygens (including phenoxy) is 1. The number of fused-ring (bicyclic) bond motifs is 1. The Morgan fingerprint density at radius 3 is 2.26 bits per heavy atom. The smallest absolute Gasteiger partial charge is 0.358 e. The van der Waals surface area contributed by atoms with E-state index in [2.05, 4.69) is 14.9 Å². The van der Waals surface area contributed by atoms with Crippen LogP contribution in [0.4, 0.5) is 14.5 Å². The Labute approximate surface area is 245 Å². The second kappa shape index (κ2) is 11.6. The van der Waals surface area contributed by atoms with Crippen molar-refractivity contribution >= 4 is 33.2 Å². The summed E-state index contributed by atoms with van der Waals surface area (Å²) in [6.07, 6.45) is 0. The molecule has 220 valence electrons. The van der Waals surface area contributed by atoms with Gasteiger partial charge in [0, 0.05) is 29.1 Å². The highest BCUT2D eigenvalue weighted by Gasteiger charge is 2.26. The molecular formula is C28H22F2N6O6S. The van der Waals surface area contributed by atoms with Gasteiger partial charge in [-0.1, -0.05) is 6.07 Å². The number of thiophene rings is 1. The van der Waals surface area contributed by atoms with Crippen LogP contribution < -0.4 is 11.2 Å². The maximum atomic E-state index is 14.8. The van der Waals surface area contributed by atoms with Crippen molar-refractivity contribution in [3.8, 4) is 16.3 Å². The molecule has 0 spiro atoms. The first-order valence-electron chi connectivity index (χ1n) is 12.6. The SMILES string of the molecule is COC(=O)c1ccc(-n2c(=O)c3c(CN(C)C)c(-c4ccc([N+](=O)[O-])cc4)sc3n(Cc3c(F)cccc3F)c2=O)nn1. The summed E-state index contributed by atoms with van der Waals surface area (Å²) in [5.41, 5.74) is -1.41. The highest BCUT2D eigenvalue weighted by atomic mass is 32.1. The zero-order valence-electron chi connectivity index (χ0n) is 22.9. The molecule has 0 N–H and O–H groups in total. The summed E-state index contributed by atoms with van der Waals surface area (Å²) < 4.78 is 36.0. The molecule has 0 bridgehead atoms. The van der Waals surface area contributed by atoms with Crippen LogP contribution in [0, 0.1) is 21.7 Å². The van der Waals surface area contributed by atoms with Crippen molar-refractivity contribution in [2.24, 2.45) is 0 Å². The number of rotatable bonds is 8. The Morgan fingerprint density at radius 2 is 1.70 bits per heavy atom. The molecule has 5 rings (SSSR count). The molecule has 3 heterocycles. The van der Waals surface area contributed by atoms with Crippen molar-refractivity contribution in [3.05, 3.63) is 114 Å². The molecule has 0 unspecified atom stereocenters. The Kier molecular flexibility index (Phi) is 7.93. The summed E-state index contributed by atoms with van der Waals surface area (Å²) in [7, 11) is 4.69. The van der Waals surface area contributed by atoms with Crippen LogP contribution in [-0.2, 0) is 17.8 Å². The number of carbonyl (C=O) groups is 1. The van der Waals surface area contributed by atoms with E-state index in [1.807, 2.05) is 0 Å². The molecule has 43 heavy (non-hydrogen) atoms. The van der Waals surface area contributed by atoms with Crippen molar-refractivity contribution < 1.29 is 23.2 Å². The molecule has 3 aromatic heterocycles. The van der Waals surface area contributed by atoms with E-state index in [0.29, 0.717) is 16.0 Å². The van der Waals surface area contributed by atoms with Crippen LogP contribution in [0.15, 0.2) is 64.2 Å². The highest BCUT2D eigenvalue weighted by molar-refractivity contribution is 7.22. The summed E-state index contributed by atoms with van der Waals surface area (Å²) >= 11 is 1.04. The molecule has 0 fully saturated rings. The van der Waals surface area contributed by atoms with E-state index in [1.165, 1.54) is 42.5 Å². The monoisotopic (exact) mass is 608 g/mol. The Hall–Kier alpha value is -5.15. The number of nitro benzene ring substituents is 1. The standard InChI is InChI=1S/C28H22F2N6O6S/c1-33(2)13-18-23-25(37)35(22-12-11-21(31-32-22)27(38)42-3)28(39)34(14-17-19(29)5-4-6-20(17)30)26(23)43-24(18)15-7-9-16(10-8-15)36(40)41/h4-12H,13-14H2,1-3H3. The molecule has 12 nitrogen and oxygen atoms in total. The van der Waals surface area contributed by atoms with Crippen LogP contribution in [0.5, 0.6) is 0 Å². The van der Waals surface area contributed by atoms with E-state index < -0.39 is 45.9 Å². The minimum atomic E-state index is -0.951. The molecule has 15 heteroatoms. The van der Waals surface area contributed by atoms with E-state index in [9.17, 15) is 33.3 Å². The van der Waals surface area contributed by atoms with Gasteiger partial charge in [-0.25, -0.2) is 22.9 Å². The normalized spacial score (nSPS) is 11.3. The van der Waals surface area contributed by atoms with Gasteiger partial charge in [0.15, 0.2) is 11.5 Å². The van der Waals surface area contributed by atoms with Gasteiger partial charge in [-0.15, -0.1) is 21.5 Å². The van der Waals surface area contributed by atoms with Crippen LogP contribution >= 0.6 is 11.3 Å². The number of nitrogens with zero attached hydrogens (tertiary/aromatic N) is 6. The number of hydrogen-bond acceptors (Lipinski definition) is 10. The van der Waals surface area contributed by atoms with Crippen LogP contribution in [0.2, 0.25) is 0 Å². The fraction of sp³-hybridized carbons (Fsp3) is 0.179. The number of hydrogen-bond donors (Lipinski definition) is 0. The van der Waals surface area contributed by atoms with E-state index in [1.54, 1.807) is 19.0 Å². The van der Waals surface area contributed by atoms with E-state index >= 15 is 0 Å². The lowest BCUT2D eigenvalue weighted by atomic mass is 10.1. The van der Waals surface area contributed by atoms with Gasteiger partial charge < -0.3 is 9.64 Å². The van der Waals surface area contributed by atoms with Gasteiger partial charge in [0.25, 0.3) is 11.2 Å². The molecule has 0 aliphatic carbocycles. The van der Waals surface area contributed by atoms with Crippen molar-refractivity contribution in [3.63, 3.8) is 0 Å². The molecular weight excluding hydrogens is 586 g/mol. The quantitative estimate of drug-likeness (QED) is 0.146. The van der Waals surface area contributed by atoms with Gasteiger partial charge in [0.2, 0.25) is 0 Å². The number of non-ortho nitro benzene ring substituents is 1. The number of carbonyl (C=O) groups excluding carboxylic acids is 1. The maximum absolute atomic E-state index is 14.8. The second-order valence-electron chi connectivity index (χ2n) is 9.61. The van der Waals surface area contributed by atoms with Gasteiger partial charge in [-0.2, -0.15) is 0 Å². The Morgan fingerprint density at radius 1 is 1.02 bits per heavy atom. The average molecular weight is 609 g/mol. The summed E-state index contributed by atoms with van der Waals surface area (Å²) in [4.78, 5) is 53.0. The predicted molar refractivity (Wildman–Crippen MR) is 154 cm³/mol. The number of benzene rings is 2. The van der Waals surface area contributed by atoms with Gasteiger partial charge in [-0.05, 0) is 61.6 Å². The summed E-state index contributed by atoms with van der Waals surface area (Å²) in [6, 6.07) is 11.4. The minimum absolute atomic E-state index is 0.0854. The first-order chi connectivity index (χ1) is 20.5. The van der Waals surface area contributed by atoms with Crippen LogP contribution in [0.25, 0.3) is 26.5 Å². The molecule has 0 aliphatic rings. The lowest BCUT2D eigenvalue weighted by molar-refractivity contribution is -0.384. The third-order valence-corrected chi connectivity index (χ3v) is 7.84. The average Bonchev–Trinajstić information content (AvgIpc) is 3.35. The van der Waals surface area contributed by atoms with Gasteiger partial charge in [0.05, 0.1) is 24.0 Å². The molecule has 0 saturated heterocycles. The summed E-state index contributed by atoms with van der Waals surface area (Å²) in [5, 5.41) is 19.0. The van der Waals surface area contributed by atoms with Gasteiger partial charge in [-0.3, -0.25) is 19.5 Å². The van der Waals surface area contributed by atoms with E-state index in [0.717, 1.165) is 39.7 Å². The third kappa shape index (κ3) is 5.42.